The van der Waals surface area contributed by atoms with Gasteiger partial charge in [-0.15, -0.1) is 11.8 Å². The van der Waals surface area contributed by atoms with E-state index in [0.29, 0.717) is 17.7 Å². The smallest absolute Gasteiger partial charge is 0.225 e. The van der Waals surface area contributed by atoms with Gasteiger partial charge in [-0.3, -0.25) is 4.79 Å². The summed E-state index contributed by atoms with van der Waals surface area (Å²) < 4.78 is 0. The summed E-state index contributed by atoms with van der Waals surface area (Å²) in [5, 5.41) is 13.2. The molecule has 2 aromatic rings. The van der Waals surface area contributed by atoms with Crippen LogP contribution in [0.2, 0.25) is 0 Å². The summed E-state index contributed by atoms with van der Waals surface area (Å²) in [7, 11) is 0. The normalized spacial score (nSPS) is 13.8. The lowest BCUT2D eigenvalue weighted by atomic mass is 9.96. The average Bonchev–Trinajstić information content (AvgIpc) is 2.64. The van der Waals surface area contributed by atoms with Gasteiger partial charge in [0.05, 0.1) is 5.56 Å². The number of rotatable bonds is 5. The number of pyridine rings is 1. The van der Waals surface area contributed by atoms with E-state index in [9.17, 15) is 10.1 Å². The molecule has 0 saturated carbocycles. The van der Waals surface area contributed by atoms with Crippen molar-refractivity contribution in [1.82, 2.24) is 4.98 Å². The highest BCUT2D eigenvalue weighted by Crippen LogP contribution is 2.27. The fourth-order valence-electron chi connectivity index (χ4n) is 3.32. The molecule has 0 spiro atoms. The number of aryl methyl sites for hydroxylation is 3. The first-order chi connectivity index (χ1) is 13.2. The molecule has 0 saturated heterocycles. The molecule has 1 aliphatic carbocycles. The quantitative estimate of drug-likeness (QED) is 0.739. The van der Waals surface area contributed by atoms with Gasteiger partial charge < -0.3 is 5.32 Å². The van der Waals surface area contributed by atoms with Gasteiger partial charge in [0.25, 0.3) is 0 Å². The molecule has 0 aliphatic heterocycles. The van der Waals surface area contributed by atoms with E-state index >= 15 is 0 Å². The molecule has 1 aromatic carbocycles. The minimum Gasteiger partial charge on any atom is -0.326 e. The minimum absolute atomic E-state index is 0.0124. The van der Waals surface area contributed by atoms with Gasteiger partial charge in [-0.2, -0.15) is 5.26 Å². The van der Waals surface area contributed by atoms with E-state index in [-0.39, 0.29) is 5.91 Å². The fourth-order valence-corrected chi connectivity index (χ4v) is 4.24. The van der Waals surface area contributed by atoms with Gasteiger partial charge in [0.2, 0.25) is 5.91 Å². The maximum atomic E-state index is 12.2. The van der Waals surface area contributed by atoms with Crippen LogP contribution in [0.1, 0.15) is 54.5 Å². The van der Waals surface area contributed by atoms with Crippen molar-refractivity contribution in [3.05, 3.63) is 52.7 Å². The molecular weight excluding hydrogens is 354 g/mol. The monoisotopic (exact) mass is 379 g/mol. The molecule has 4 nitrogen and oxygen atoms in total. The summed E-state index contributed by atoms with van der Waals surface area (Å²) in [4.78, 5) is 17.0. The van der Waals surface area contributed by atoms with Crippen molar-refractivity contribution in [2.24, 2.45) is 0 Å². The van der Waals surface area contributed by atoms with Crippen molar-refractivity contribution in [2.75, 3.05) is 11.1 Å². The third-order valence-corrected chi connectivity index (χ3v) is 5.87. The van der Waals surface area contributed by atoms with Gasteiger partial charge in [0.1, 0.15) is 11.1 Å². The largest absolute Gasteiger partial charge is 0.326 e. The number of hydrogen-bond acceptors (Lipinski definition) is 4. The maximum Gasteiger partial charge on any atom is 0.225 e. The summed E-state index contributed by atoms with van der Waals surface area (Å²) in [5.41, 5.74) is 4.91. The Kier molecular flexibility index (Phi) is 6.89. The number of anilines is 1. The molecule has 0 fully saturated rings. The van der Waals surface area contributed by atoms with Crippen LogP contribution in [0.15, 0.2) is 35.4 Å². The zero-order valence-electron chi connectivity index (χ0n) is 15.8. The Labute approximate surface area is 165 Å². The lowest BCUT2D eigenvalue weighted by Crippen LogP contribution is -2.13. The number of amides is 1. The standard InChI is InChI=1S/C22H25N3OS/c1-16-8-6-7-10-19(16)24-21(26)12-13-27-22-18(15-23)14-17-9-4-2-3-5-11-20(17)25-22/h6-8,10,14H,2-5,9,11-13H2,1H3,(H,24,26). The van der Waals surface area contributed by atoms with Gasteiger partial charge in [-0.1, -0.05) is 31.0 Å². The van der Waals surface area contributed by atoms with Crippen molar-refractivity contribution in [3.63, 3.8) is 0 Å². The second-order valence-electron chi connectivity index (χ2n) is 6.93. The molecule has 1 N–H and O–H groups in total. The van der Waals surface area contributed by atoms with Crippen LogP contribution in [0.25, 0.3) is 0 Å². The predicted molar refractivity (Wildman–Crippen MR) is 110 cm³/mol. The Morgan fingerprint density at radius 2 is 2.00 bits per heavy atom. The second-order valence-corrected chi connectivity index (χ2v) is 8.02. The van der Waals surface area contributed by atoms with Crippen LogP contribution in [-0.2, 0) is 17.6 Å². The van der Waals surface area contributed by atoms with E-state index in [0.717, 1.165) is 41.2 Å². The molecule has 1 aromatic heterocycles. The second kappa shape index (κ2) is 9.57. The van der Waals surface area contributed by atoms with Crippen molar-refractivity contribution in [3.8, 4) is 6.07 Å². The number of carbonyl (C=O) groups is 1. The van der Waals surface area contributed by atoms with Crippen LogP contribution in [0, 0.1) is 18.3 Å². The Morgan fingerprint density at radius 3 is 2.78 bits per heavy atom. The van der Waals surface area contributed by atoms with Crippen molar-refractivity contribution < 1.29 is 4.79 Å². The Balaban J connectivity index is 1.62. The Morgan fingerprint density at radius 1 is 1.22 bits per heavy atom. The van der Waals surface area contributed by atoms with Crippen LogP contribution in [-0.4, -0.2) is 16.6 Å². The molecule has 3 rings (SSSR count). The van der Waals surface area contributed by atoms with Crippen LogP contribution in [0.3, 0.4) is 0 Å². The van der Waals surface area contributed by atoms with Crippen LogP contribution in [0.5, 0.6) is 0 Å². The lowest BCUT2D eigenvalue weighted by Gasteiger charge is -2.15. The molecule has 1 heterocycles. The van der Waals surface area contributed by atoms with E-state index in [4.69, 9.17) is 4.98 Å². The van der Waals surface area contributed by atoms with Gasteiger partial charge in [-0.05, 0) is 55.9 Å². The summed E-state index contributed by atoms with van der Waals surface area (Å²) in [6, 6.07) is 12.1. The van der Waals surface area contributed by atoms with Crippen molar-refractivity contribution >= 4 is 23.4 Å². The zero-order chi connectivity index (χ0) is 19.1. The highest BCUT2D eigenvalue weighted by atomic mass is 32.2. The first-order valence-corrected chi connectivity index (χ1v) is 10.6. The molecule has 5 heteroatoms. The number of fused-ring (bicyclic) bond motifs is 1. The van der Waals surface area contributed by atoms with Crippen molar-refractivity contribution in [2.45, 2.75) is 56.9 Å². The lowest BCUT2D eigenvalue weighted by molar-refractivity contribution is -0.115. The highest BCUT2D eigenvalue weighted by Gasteiger charge is 2.14. The summed E-state index contributed by atoms with van der Waals surface area (Å²) in [6.45, 7) is 1.98. The van der Waals surface area contributed by atoms with E-state index in [1.54, 1.807) is 0 Å². The average molecular weight is 380 g/mol. The third kappa shape index (κ3) is 5.33. The van der Waals surface area contributed by atoms with E-state index in [2.05, 4.69) is 11.4 Å². The molecule has 0 atom stereocenters. The molecule has 1 amide bonds. The number of benzene rings is 1. The van der Waals surface area contributed by atoms with Crippen LogP contribution < -0.4 is 5.32 Å². The van der Waals surface area contributed by atoms with Gasteiger partial charge in [-0.25, -0.2) is 4.98 Å². The first-order valence-electron chi connectivity index (χ1n) is 9.58. The molecule has 0 unspecified atom stereocenters. The number of hydrogen-bond donors (Lipinski definition) is 1. The van der Waals surface area contributed by atoms with Gasteiger partial charge >= 0.3 is 0 Å². The van der Waals surface area contributed by atoms with Crippen LogP contribution in [0.4, 0.5) is 5.69 Å². The van der Waals surface area contributed by atoms with E-state index < -0.39 is 0 Å². The van der Waals surface area contributed by atoms with Gasteiger partial charge in [0.15, 0.2) is 0 Å². The first kappa shape index (κ1) is 19.4. The predicted octanol–water partition coefficient (Wildman–Crippen LogP) is 5.04. The molecule has 27 heavy (non-hydrogen) atoms. The molecule has 0 radical (unpaired) electrons. The number of thioether (sulfide) groups is 1. The summed E-state index contributed by atoms with van der Waals surface area (Å²) >= 11 is 1.51. The number of carbonyl (C=O) groups excluding carboxylic acids is 1. The van der Waals surface area contributed by atoms with Gasteiger partial charge in [0, 0.05) is 23.6 Å². The van der Waals surface area contributed by atoms with Crippen molar-refractivity contribution in [1.29, 1.82) is 5.26 Å². The van der Waals surface area contributed by atoms with E-state index in [1.807, 2.05) is 37.3 Å². The molecule has 140 valence electrons. The number of aromatic nitrogens is 1. The number of nitrogens with one attached hydrogen (secondary N) is 1. The highest BCUT2D eigenvalue weighted by molar-refractivity contribution is 7.99. The van der Waals surface area contributed by atoms with E-state index in [1.165, 1.54) is 36.6 Å². The number of nitrogens with zero attached hydrogens (tertiary/aromatic N) is 2. The number of nitriles is 1. The molecule has 1 aliphatic rings. The zero-order valence-corrected chi connectivity index (χ0v) is 16.6. The maximum absolute atomic E-state index is 12.2. The third-order valence-electron chi connectivity index (χ3n) is 4.87. The SMILES string of the molecule is Cc1ccccc1NC(=O)CCSc1nc2c(cc1C#N)CCCCCC2. The Hall–Kier alpha value is -2.32. The minimum atomic E-state index is -0.0124. The fraction of sp³-hybridized carbons (Fsp3) is 0.409. The number of para-hydroxylation sites is 1. The van der Waals surface area contributed by atoms with Crippen LogP contribution >= 0.6 is 11.8 Å². The summed E-state index contributed by atoms with van der Waals surface area (Å²) in [5.74, 6) is 0.597. The molecular formula is C22H25N3OS. The topological polar surface area (TPSA) is 65.8 Å². The Bertz CT molecular complexity index is 857. The summed E-state index contributed by atoms with van der Waals surface area (Å²) in [6.07, 6.45) is 7.24. The molecule has 0 bridgehead atoms.